The maximum atomic E-state index is 13.2. The molecule has 32 heavy (non-hydrogen) atoms. The van der Waals surface area contributed by atoms with Crippen molar-refractivity contribution in [3.05, 3.63) is 53.9 Å². The first-order chi connectivity index (χ1) is 15.5. The first kappa shape index (κ1) is 23.3. The van der Waals surface area contributed by atoms with E-state index in [1.54, 1.807) is 16.5 Å². The number of carbonyl (C=O) groups is 2. The normalized spacial score (nSPS) is 10.6. The number of hydrogen-bond donors (Lipinski definition) is 1. The number of esters is 1. The van der Waals surface area contributed by atoms with Crippen LogP contribution in [0.25, 0.3) is 5.69 Å². The Morgan fingerprint density at radius 3 is 2.44 bits per heavy atom. The number of anilines is 2. The molecule has 0 saturated carbocycles. The van der Waals surface area contributed by atoms with Crippen LogP contribution in [0.5, 0.6) is 0 Å². The number of thioether (sulfide) groups is 1. The van der Waals surface area contributed by atoms with E-state index in [1.165, 1.54) is 24.2 Å². The van der Waals surface area contributed by atoms with Crippen molar-refractivity contribution < 1.29 is 14.3 Å². The smallest absolute Gasteiger partial charge is 0.343 e. The number of para-hydroxylation sites is 1. The monoisotopic (exact) mass is 454 g/mol. The molecule has 0 atom stereocenters. The Bertz CT molecular complexity index is 1080. The van der Waals surface area contributed by atoms with Gasteiger partial charge in [-0.15, -0.1) is 0 Å². The van der Waals surface area contributed by atoms with Crippen molar-refractivity contribution in [2.75, 3.05) is 31.3 Å². The standard InChI is InChI=1S/C22H26N6O3S/c1-5-27(6-2)20(29)17-14-24-28(15-11-9-8-10-12-15)19(17)25-18-16(21(30)31-7-3)13-23-22(26-18)32-4/h8-14H,5-7H2,1-4H3,(H,23,25,26). The van der Waals surface area contributed by atoms with Crippen LogP contribution < -0.4 is 5.32 Å². The number of amides is 1. The molecule has 3 aromatic rings. The van der Waals surface area contributed by atoms with Crippen LogP contribution >= 0.6 is 11.8 Å². The van der Waals surface area contributed by atoms with Crippen LogP contribution in [0, 0.1) is 0 Å². The molecule has 3 rings (SSSR count). The quantitative estimate of drug-likeness (QED) is 0.296. The summed E-state index contributed by atoms with van der Waals surface area (Å²) in [5, 5.41) is 8.10. The van der Waals surface area contributed by atoms with E-state index in [4.69, 9.17) is 4.74 Å². The number of nitrogens with zero attached hydrogens (tertiary/aromatic N) is 5. The van der Waals surface area contributed by atoms with E-state index in [0.29, 0.717) is 29.6 Å². The molecule has 1 amide bonds. The average molecular weight is 455 g/mol. The molecule has 1 aromatic carbocycles. The highest BCUT2D eigenvalue weighted by molar-refractivity contribution is 7.98. The van der Waals surface area contributed by atoms with Crippen molar-refractivity contribution in [2.24, 2.45) is 0 Å². The molecule has 168 valence electrons. The fraction of sp³-hybridized carbons (Fsp3) is 0.318. The molecule has 10 heteroatoms. The van der Waals surface area contributed by atoms with E-state index < -0.39 is 5.97 Å². The van der Waals surface area contributed by atoms with E-state index in [0.717, 1.165) is 5.69 Å². The van der Waals surface area contributed by atoms with Crippen LogP contribution in [0.15, 0.2) is 47.9 Å². The number of nitrogens with one attached hydrogen (secondary N) is 1. The predicted molar refractivity (Wildman–Crippen MR) is 124 cm³/mol. The van der Waals surface area contributed by atoms with Gasteiger partial charge in [-0.05, 0) is 39.2 Å². The maximum absolute atomic E-state index is 13.2. The molecule has 0 aliphatic carbocycles. The molecule has 9 nitrogen and oxygen atoms in total. The lowest BCUT2D eigenvalue weighted by atomic mass is 10.2. The number of aromatic nitrogens is 4. The summed E-state index contributed by atoms with van der Waals surface area (Å²) in [5.41, 5.74) is 1.30. The van der Waals surface area contributed by atoms with Crippen molar-refractivity contribution in [3.8, 4) is 5.69 Å². The topological polar surface area (TPSA) is 102 Å². The van der Waals surface area contributed by atoms with Crippen LogP contribution in [0.3, 0.4) is 0 Å². The van der Waals surface area contributed by atoms with Gasteiger partial charge in [0.15, 0.2) is 11.0 Å². The highest BCUT2D eigenvalue weighted by Crippen LogP contribution is 2.27. The molecule has 2 aromatic heterocycles. The molecule has 2 heterocycles. The summed E-state index contributed by atoms with van der Waals surface area (Å²) in [5.74, 6) is -0.0694. The summed E-state index contributed by atoms with van der Waals surface area (Å²) in [6.07, 6.45) is 4.79. The molecule has 1 N–H and O–H groups in total. The minimum atomic E-state index is -0.551. The van der Waals surface area contributed by atoms with E-state index >= 15 is 0 Å². The van der Waals surface area contributed by atoms with Gasteiger partial charge in [-0.3, -0.25) is 4.79 Å². The lowest BCUT2D eigenvalue weighted by molar-refractivity contribution is 0.0526. The Kier molecular flexibility index (Phi) is 7.82. The minimum absolute atomic E-state index is 0.170. The van der Waals surface area contributed by atoms with Gasteiger partial charge in [-0.2, -0.15) is 5.10 Å². The number of benzene rings is 1. The van der Waals surface area contributed by atoms with Gasteiger partial charge < -0.3 is 15.0 Å². The van der Waals surface area contributed by atoms with E-state index in [1.807, 2.05) is 50.4 Å². The second kappa shape index (κ2) is 10.8. The van der Waals surface area contributed by atoms with Crippen LogP contribution in [0.2, 0.25) is 0 Å². The van der Waals surface area contributed by atoms with Crippen molar-refractivity contribution in [3.63, 3.8) is 0 Å². The van der Waals surface area contributed by atoms with Crippen molar-refractivity contribution in [1.29, 1.82) is 0 Å². The summed E-state index contributed by atoms with van der Waals surface area (Å²) in [6, 6.07) is 9.42. The van der Waals surface area contributed by atoms with Crippen molar-refractivity contribution >= 4 is 35.3 Å². The van der Waals surface area contributed by atoms with E-state index in [9.17, 15) is 9.59 Å². The maximum Gasteiger partial charge on any atom is 0.343 e. The number of ether oxygens (including phenoxy) is 1. The molecule has 0 bridgehead atoms. The molecule has 0 aliphatic rings. The fourth-order valence-electron chi connectivity index (χ4n) is 3.10. The van der Waals surface area contributed by atoms with Crippen LogP contribution in [0.1, 0.15) is 41.5 Å². The zero-order valence-corrected chi connectivity index (χ0v) is 19.3. The number of hydrogen-bond acceptors (Lipinski definition) is 8. The predicted octanol–water partition coefficient (Wildman–Crippen LogP) is 3.79. The fourth-order valence-corrected chi connectivity index (χ4v) is 3.44. The highest BCUT2D eigenvalue weighted by atomic mass is 32.2. The second-order valence-electron chi connectivity index (χ2n) is 6.60. The zero-order chi connectivity index (χ0) is 23.1. The first-order valence-electron chi connectivity index (χ1n) is 10.3. The summed E-state index contributed by atoms with van der Waals surface area (Å²) in [6.45, 7) is 6.91. The Labute approximate surface area is 191 Å². The van der Waals surface area contributed by atoms with Gasteiger partial charge in [0.2, 0.25) is 0 Å². The van der Waals surface area contributed by atoms with Crippen LogP contribution in [-0.4, -0.2) is 62.5 Å². The van der Waals surface area contributed by atoms with Gasteiger partial charge in [0, 0.05) is 19.3 Å². The largest absolute Gasteiger partial charge is 0.462 e. The second-order valence-corrected chi connectivity index (χ2v) is 7.37. The average Bonchev–Trinajstić information content (AvgIpc) is 3.23. The molecule has 0 radical (unpaired) electrons. The Morgan fingerprint density at radius 1 is 1.09 bits per heavy atom. The van der Waals surface area contributed by atoms with Gasteiger partial charge in [0.05, 0.1) is 18.5 Å². The highest BCUT2D eigenvalue weighted by Gasteiger charge is 2.25. The van der Waals surface area contributed by atoms with Gasteiger partial charge >= 0.3 is 5.97 Å². The molecular formula is C22H26N6O3S. The zero-order valence-electron chi connectivity index (χ0n) is 18.5. The Balaban J connectivity index is 2.15. The van der Waals surface area contributed by atoms with E-state index in [-0.39, 0.29) is 23.9 Å². The number of rotatable bonds is 9. The third-order valence-electron chi connectivity index (χ3n) is 4.73. The Morgan fingerprint density at radius 2 is 1.81 bits per heavy atom. The minimum Gasteiger partial charge on any atom is -0.462 e. The molecule has 0 aliphatic heterocycles. The van der Waals surface area contributed by atoms with Crippen molar-refractivity contribution in [1.82, 2.24) is 24.6 Å². The van der Waals surface area contributed by atoms with Gasteiger partial charge in [-0.25, -0.2) is 19.4 Å². The molecule has 0 fully saturated rings. The summed E-state index contributed by atoms with van der Waals surface area (Å²) in [4.78, 5) is 36.1. The molecule has 0 spiro atoms. The van der Waals surface area contributed by atoms with Crippen LogP contribution in [0.4, 0.5) is 11.6 Å². The first-order valence-corrected chi connectivity index (χ1v) is 11.5. The summed E-state index contributed by atoms with van der Waals surface area (Å²) in [7, 11) is 0. The SMILES string of the molecule is CCOC(=O)c1cnc(SC)nc1Nc1c(C(=O)N(CC)CC)cnn1-c1ccccc1. The van der Waals surface area contributed by atoms with Gasteiger partial charge in [-0.1, -0.05) is 30.0 Å². The number of carbonyl (C=O) groups excluding carboxylic acids is 2. The van der Waals surface area contributed by atoms with Gasteiger partial charge in [0.1, 0.15) is 16.9 Å². The summed E-state index contributed by atoms with van der Waals surface area (Å²) >= 11 is 1.34. The summed E-state index contributed by atoms with van der Waals surface area (Å²) < 4.78 is 6.78. The van der Waals surface area contributed by atoms with Crippen LogP contribution in [-0.2, 0) is 4.74 Å². The third kappa shape index (κ3) is 4.91. The third-order valence-corrected chi connectivity index (χ3v) is 5.29. The lowest BCUT2D eigenvalue weighted by Gasteiger charge is -2.19. The Hall–Kier alpha value is -3.40. The molecular weight excluding hydrogens is 428 g/mol. The van der Waals surface area contributed by atoms with Crippen molar-refractivity contribution in [2.45, 2.75) is 25.9 Å². The lowest BCUT2D eigenvalue weighted by Crippen LogP contribution is -2.30. The van der Waals surface area contributed by atoms with Gasteiger partial charge in [0.25, 0.3) is 5.91 Å². The molecule has 0 saturated heterocycles. The molecule has 0 unspecified atom stereocenters. The van der Waals surface area contributed by atoms with E-state index in [2.05, 4.69) is 20.4 Å².